The third-order valence-electron chi connectivity index (χ3n) is 2.04. The van der Waals surface area contributed by atoms with Crippen LogP contribution >= 0.6 is 0 Å². The predicted octanol–water partition coefficient (Wildman–Crippen LogP) is 0.320. The van der Waals surface area contributed by atoms with E-state index >= 15 is 0 Å². The molecule has 0 radical (unpaired) electrons. The molecule has 0 bridgehead atoms. The van der Waals surface area contributed by atoms with Crippen LogP contribution in [0.25, 0.3) is 0 Å². The summed E-state index contributed by atoms with van der Waals surface area (Å²) < 4.78 is 17.5. The first kappa shape index (κ1) is 14.6. The van der Waals surface area contributed by atoms with E-state index in [0.29, 0.717) is 5.56 Å². The molecule has 1 rings (SSSR count). The molecule has 1 aromatic rings. The lowest BCUT2D eigenvalue weighted by molar-refractivity contribution is -0.135. The molecule has 7 heteroatoms. The number of rotatable bonds is 4. The highest BCUT2D eigenvalue weighted by Crippen LogP contribution is 2.03. The van der Waals surface area contributed by atoms with Crippen molar-refractivity contribution >= 4 is 17.7 Å². The number of hydrogen-bond donors (Lipinski definition) is 2. The van der Waals surface area contributed by atoms with Gasteiger partial charge in [-0.05, 0) is 24.6 Å². The number of esters is 1. The van der Waals surface area contributed by atoms with E-state index in [2.05, 4.69) is 15.3 Å². The molecule has 3 N–H and O–H groups in total. The Bertz CT molecular complexity index is 503. The number of nitrogens with zero attached hydrogens (tertiary/aromatic N) is 1. The van der Waals surface area contributed by atoms with Gasteiger partial charge in [-0.25, -0.2) is 14.6 Å². The lowest BCUT2D eigenvalue weighted by Crippen LogP contribution is -2.31. The summed E-state index contributed by atoms with van der Waals surface area (Å²) in [6, 6.07) is 5.60. The highest BCUT2D eigenvalue weighted by molar-refractivity contribution is 6.34. The van der Waals surface area contributed by atoms with Crippen molar-refractivity contribution in [2.75, 3.05) is 6.61 Å². The number of carbonyl (C=O) groups excluding carboxylic acids is 2. The first-order chi connectivity index (χ1) is 9.02. The summed E-state index contributed by atoms with van der Waals surface area (Å²) in [5, 5.41) is 3.39. The topological polar surface area (TPSA) is 93.8 Å². The summed E-state index contributed by atoms with van der Waals surface area (Å²) in [4.78, 5) is 22.5. The third kappa shape index (κ3) is 5.15. The molecule has 0 aromatic heterocycles. The molecule has 0 aliphatic heterocycles. The number of halogens is 1. The number of nitrogens with two attached hydrogens (primary N) is 1. The minimum absolute atomic E-state index is 0.0721. The van der Waals surface area contributed by atoms with Gasteiger partial charge in [-0.15, -0.1) is 5.10 Å². The van der Waals surface area contributed by atoms with Crippen LogP contribution in [-0.2, 0) is 20.7 Å². The summed E-state index contributed by atoms with van der Waals surface area (Å²) in [7, 11) is 0. The van der Waals surface area contributed by atoms with E-state index in [1.165, 1.54) is 18.2 Å². The van der Waals surface area contributed by atoms with E-state index in [1.54, 1.807) is 13.0 Å². The molecule has 102 valence electrons. The van der Waals surface area contributed by atoms with Gasteiger partial charge in [0, 0.05) is 0 Å². The Morgan fingerprint density at radius 2 is 2.21 bits per heavy atom. The first-order valence-electron chi connectivity index (χ1n) is 5.56. The molecule has 0 aliphatic rings. The van der Waals surface area contributed by atoms with E-state index in [1.807, 2.05) is 0 Å². The molecule has 0 atom stereocenters. The minimum atomic E-state index is -0.812. The van der Waals surface area contributed by atoms with Crippen molar-refractivity contribution in [1.29, 1.82) is 0 Å². The maximum atomic E-state index is 12.9. The number of hydrazone groups is 1. The molecule has 0 unspecified atom stereocenters. The molecule has 19 heavy (non-hydrogen) atoms. The second-order valence-electron chi connectivity index (χ2n) is 3.56. The van der Waals surface area contributed by atoms with Gasteiger partial charge in [-0.1, -0.05) is 12.1 Å². The monoisotopic (exact) mass is 267 g/mol. The highest BCUT2D eigenvalue weighted by atomic mass is 19.1. The molecule has 0 fully saturated rings. The van der Waals surface area contributed by atoms with Gasteiger partial charge in [-0.2, -0.15) is 0 Å². The van der Waals surface area contributed by atoms with Crippen molar-refractivity contribution in [1.82, 2.24) is 5.43 Å². The Morgan fingerprint density at radius 1 is 1.47 bits per heavy atom. The van der Waals surface area contributed by atoms with E-state index in [9.17, 15) is 14.0 Å². The normalized spacial score (nSPS) is 10.9. The zero-order valence-corrected chi connectivity index (χ0v) is 10.4. The summed E-state index contributed by atoms with van der Waals surface area (Å²) in [6.45, 7) is 1.78. The van der Waals surface area contributed by atoms with Gasteiger partial charge in [-0.3, -0.25) is 4.79 Å². The molecular weight excluding hydrogens is 253 g/mol. The van der Waals surface area contributed by atoms with Gasteiger partial charge in [0.25, 0.3) is 0 Å². The van der Waals surface area contributed by atoms with Gasteiger partial charge >= 0.3 is 5.97 Å². The maximum Gasteiger partial charge on any atom is 0.375 e. The van der Waals surface area contributed by atoms with Gasteiger partial charge < -0.3 is 10.5 Å². The fraction of sp³-hybridized carbons (Fsp3) is 0.250. The van der Waals surface area contributed by atoms with Crippen molar-refractivity contribution in [2.45, 2.75) is 13.3 Å². The van der Waals surface area contributed by atoms with Crippen molar-refractivity contribution in [2.24, 2.45) is 10.8 Å². The second-order valence-corrected chi connectivity index (χ2v) is 3.56. The average Bonchev–Trinajstić information content (AvgIpc) is 2.36. The van der Waals surface area contributed by atoms with E-state index in [-0.39, 0.29) is 13.0 Å². The van der Waals surface area contributed by atoms with Crippen LogP contribution in [0.5, 0.6) is 0 Å². The summed E-state index contributed by atoms with van der Waals surface area (Å²) >= 11 is 0. The second kappa shape index (κ2) is 7.10. The number of nitrogens with one attached hydrogen (secondary N) is 1. The number of amides is 1. The zero-order valence-electron chi connectivity index (χ0n) is 10.4. The fourth-order valence-corrected chi connectivity index (χ4v) is 1.25. The van der Waals surface area contributed by atoms with Crippen LogP contribution in [-0.4, -0.2) is 24.3 Å². The Hall–Kier alpha value is -2.44. The zero-order chi connectivity index (χ0) is 14.3. The van der Waals surface area contributed by atoms with Gasteiger partial charge in [0.15, 0.2) is 0 Å². The third-order valence-corrected chi connectivity index (χ3v) is 2.04. The van der Waals surface area contributed by atoms with Crippen LogP contribution in [0.4, 0.5) is 4.39 Å². The summed E-state index contributed by atoms with van der Waals surface area (Å²) in [5.41, 5.74) is 7.85. The Kier molecular flexibility index (Phi) is 5.46. The van der Waals surface area contributed by atoms with Crippen LogP contribution in [0, 0.1) is 5.82 Å². The fourth-order valence-electron chi connectivity index (χ4n) is 1.25. The van der Waals surface area contributed by atoms with Crippen molar-refractivity contribution in [3.63, 3.8) is 0 Å². The van der Waals surface area contributed by atoms with E-state index < -0.39 is 23.5 Å². The summed E-state index contributed by atoms with van der Waals surface area (Å²) in [5.74, 6) is -2.21. The average molecular weight is 267 g/mol. The Morgan fingerprint density at radius 3 is 2.84 bits per heavy atom. The van der Waals surface area contributed by atoms with Crippen molar-refractivity contribution in [3.05, 3.63) is 35.6 Å². The molecule has 0 heterocycles. The number of amidine groups is 1. The molecule has 6 nitrogen and oxygen atoms in total. The predicted molar refractivity (Wildman–Crippen MR) is 66.5 cm³/mol. The number of hydrogen-bond acceptors (Lipinski definition) is 4. The number of benzene rings is 1. The molecule has 1 aromatic carbocycles. The van der Waals surface area contributed by atoms with Crippen molar-refractivity contribution < 1.29 is 18.7 Å². The quantitative estimate of drug-likeness (QED) is 0.355. The lowest BCUT2D eigenvalue weighted by Gasteiger charge is -2.02. The van der Waals surface area contributed by atoms with Crippen LogP contribution in [0.1, 0.15) is 12.5 Å². The Balaban J connectivity index is 2.52. The Labute approximate surface area is 109 Å². The largest absolute Gasteiger partial charge is 0.460 e. The minimum Gasteiger partial charge on any atom is -0.460 e. The number of carbonyl (C=O) groups is 2. The summed E-state index contributed by atoms with van der Waals surface area (Å²) in [6.07, 6.45) is -0.0721. The van der Waals surface area contributed by atoms with Gasteiger partial charge in [0.1, 0.15) is 5.82 Å². The molecule has 1 amide bonds. The molecule has 0 spiro atoms. The SMILES string of the molecule is CCOC(=O)/C(N)=N\NC(=O)Cc1cccc(F)c1. The number of ether oxygens (including phenoxy) is 1. The standard InChI is InChI=1S/C12H14FN3O3/c1-2-19-12(18)11(14)16-15-10(17)7-8-4-3-5-9(13)6-8/h3-6H,2,7H2,1H3,(H2,14,16)(H,15,17). The smallest absolute Gasteiger partial charge is 0.375 e. The highest BCUT2D eigenvalue weighted by Gasteiger charge is 2.09. The first-order valence-corrected chi connectivity index (χ1v) is 5.56. The van der Waals surface area contributed by atoms with Crippen molar-refractivity contribution in [3.8, 4) is 0 Å². The molecular formula is C12H14FN3O3. The van der Waals surface area contributed by atoms with Crippen LogP contribution in [0.15, 0.2) is 29.4 Å². The van der Waals surface area contributed by atoms with E-state index in [0.717, 1.165) is 0 Å². The molecule has 0 aliphatic carbocycles. The van der Waals surface area contributed by atoms with Crippen LogP contribution < -0.4 is 11.2 Å². The maximum absolute atomic E-state index is 12.9. The lowest BCUT2D eigenvalue weighted by atomic mass is 10.1. The molecule has 0 saturated heterocycles. The van der Waals surface area contributed by atoms with Gasteiger partial charge in [0.05, 0.1) is 13.0 Å². The van der Waals surface area contributed by atoms with E-state index in [4.69, 9.17) is 5.73 Å². The molecule has 0 saturated carbocycles. The van der Waals surface area contributed by atoms with Crippen LogP contribution in [0.3, 0.4) is 0 Å². The van der Waals surface area contributed by atoms with Gasteiger partial charge in [0.2, 0.25) is 11.7 Å². The van der Waals surface area contributed by atoms with Crippen LogP contribution in [0.2, 0.25) is 0 Å².